The Bertz CT molecular complexity index is 121. The molecule has 0 aliphatic carbocycles. The normalized spacial score (nSPS) is 18.0. The van der Waals surface area contributed by atoms with Crippen LogP contribution in [-0.4, -0.2) is 18.9 Å². The number of rotatable bonds is 3. The average Bonchev–Trinajstić information content (AvgIpc) is 1.86. The van der Waals surface area contributed by atoms with Crippen molar-refractivity contribution in [1.82, 2.24) is 0 Å². The lowest BCUT2D eigenvalue weighted by molar-refractivity contribution is -0.264. The number of alkyl halides is 3. The molecule has 0 fully saturated rings. The summed E-state index contributed by atoms with van der Waals surface area (Å²) in [6.45, 7) is 2.76. The quantitative estimate of drug-likeness (QED) is 0.632. The molecule has 0 saturated heterocycles. The zero-order valence-electron chi connectivity index (χ0n) is 6.96. The molecule has 0 saturated carbocycles. The molecule has 4 heteroatoms. The van der Waals surface area contributed by atoms with Gasteiger partial charge in [-0.05, 0) is 13.3 Å². The smallest absolute Gasteiger partial charge is 0.369 e. The van der Waals surface area contributed by atoms with Gasteiger partial charge in [0.25, 0.3) is 0 Å². The predicted molar refractivity (Wildman–Crippen MR) is 36.4 cm³/mol. The number of ether oxygens (including phenoxy) is 1. The topological polar surface area (TPSA) is 9.23 Å². The van der Waals surface area contributed by atoms with E-state index >= 15 is 0 Å². The van der Waals surface area contributed by atoms with Gasteiger partial charge in [-0.15, -0.1) is 0 Å². The van der Waals surface area contributed by atoms with E-state index in [9.17, 15) is 13.2 Å². The number of hydrogen-bond donors (Lipinski definition) is 0. The Labute approximate surface area is 64.5 Å². The second kappa shape index (κ2) is 3.43. The third-order valence-electron chi connectivity index (χ3n) is 1.78. The highest BCUT2D eigenvalue weighted by Gasteiger charge is 2.50. The van der Waals surface area contributed by atoms with Crippen LogP contribution < -0.4 is 0 Å². The molecule has 1 atom stereocenters. The number of hydrogen-bond acceptors (Lipinski definition) is 1. The van der Waals surface area contributed by atoms with Crippen molar-refractivity contribution in [3.05, 3.63) is 0 Å². The fourth-order valence-electron chi connectivity index (χ4n) is 0.837. The lowest BCUT2D eigenvalue weighted by Gasteiger charge is -2.29. The Hall–Kier alpha value is -0.250. The van der Waals surface area contributed by atoms with Crippen LogP contribution in [0.2, 0.25) is 0 Å². The Morgan fingerprint density at radius 3 is 1.82 bits per heavy atom. The first-order valence-electron chi connectivity index (χ1n) is 3.49. The van der Waals surface area contributed by atoms with E-state index in [1.54, 1.807) is 6.92 Å². The van der Waals surface area contributed by atoms with Gasteiger partial charge in [-0.2, -0.15) is 13.2 Å². The molecule has 0 aromatic carbocycles. The maximum atomic E-state index is 12.2. The molecule has 0 bridgehead atoms. The Morgan fingerprint density at radius 1 is 1.27 bits per heavy atom. The van der Waals surface area contributed by atoms with Gasteiger partial charge < -0.3 is 4.74 Å². The highest BCUT2D eigenvalue weighted by Crippen LogP contribution is 2.36. The third kappa shape index (κ3) is 2.36. The van der Waals surface area contributed by atoms with Crippen LogP contribution >= 0.6 is 0 Å². The monoisotopic (exact) mass is 170 g/mol. The van der Waals surface area contributed by atoms with E-state index in [4.69, 9.17) is 0 Å². The van der Waals surface area contributed by atoms with Crippen molar-refractivity contribution in [2.45, 2.75) is 38.5 Å². The second-order valence-corrected chi connectivity index (χ2v) is 2.68. The Kier molecular flexibility index (Phi) is 3.35. The van der Waals surface area contributed by atoms with Gasteiger partial charge >= 0.3 is 6.18 Å². The van der Waals surface area contributed by atoms with Crippen LogP contribution in [-0.2, 0) is 4.74 Å². The van der Waals surface area contributed by atoms with Gasteiger partial charge in [0.15, 0.2) is 5.60 Å². The maximum Gasteiger partial charge on any atom is 0.417 e. The molecular formula is C7H13F3O. The molecule has 1 unspecified atom stereocenters. The molecule has 0 aromatic rings. The minimum Gasteiger partial charge on any atom is -0.369 e. The van der Waals surface area contributed by atoms with Gasteiger partial charge in [-0.3, -0.25) is 0 Å². The molecular weight excluding hydrogens is 157 g/mol. The summed E-state index contributed by atoms with van der Waals surface area (Å²) in [5, 5.41) is 0. The lowest BCUT2D eigenvalue weighted by Crippen LogP contribution is -2.43. The van der Waals surface area contributed by atoms with Gasteiger partial charge in [0, 0.05) is 7.11 Å². The van der Waals surface area contributed by atoms with E-state index in [0.29, 0.717) is 6.42 Å². The fourth-order valence-corrected chi connectivity index (χ4v) is 0.837. The molecule has 0 radical (unpaired) electrons. The third-order valence-corrected chi connectivity index (χ3v) is 1.78. The van der Waals surface area contributed by atoms with Crippen molar-refractivity contribution >= 4 is 0 Å². The molecule has 68 valence electrons. The van der Waals surface area contributed by atoms with Crippen molar-refractivity contribution in [2.24, 2.45) is 0 Å². The zero-order chi connectivity index (χ0) is 9.12. The Balaban J connectivity index is 4.33. The first kappa shape index (κ1) is 10.8. The second-order valence-electron chi connectivity index (χ2n) is 2.68. The molecule has 1 nitrogen and oxygen atoms in total. The van der Waals surface area contributed by atoms with E-state index in [2.05, 4.69) is 4.74 Å². The van der Waals surface area contributed by atoms with Crippen molar-refractivity contribution in [3.8, 4) is 0 Å². The molecule has 0 spiro atoms. The summed E-state index contributed by atoms with van der Waals surface area (Å²) in [6.07, 6.45) is -3.80. The molecule has 0 aliphatic rings. The van der Waals surface area contributed by atoms with Gasteiger partial charge in [0.1, 0.15) is 0 Å². The molecule has 11 heavy (non-hydrogen) atoms. The van der Waals surface area contributed by atoms with Gasteiger partial charge in [-0.1, -0.05) is 13.3 Å². The van der Waals surface area contributed by atoms with E-state index in [-0.39, 0.29) is 6.42 Å². The van der Waals surface area contributed by atoms with Crippen LogP contribution in [0.15, 0.2) is 0 Å². The first-order valence-corrected chi connectivity index (χ1v) is 3.49. The van der Waals surface area contributed by atoms with Gasteiger partial charge in [0.2, 0.25) is 0 Å². The van der Waals surface area contributed by atoms with E-state index in [0.717, 1.165) is 14.0 Å². The summed E-state index contributed by atoms with van der Waals surface area (Å²) < 4.78 is 40.9. The molecule has 0 aromatic heterocycles. The summed E-state index contributed by atoms with van der Waals surface area (Å²) in [5.41, 5.74) is -1.97. The average molecular weight is 170 g/mol. The van der Waals surface area contributed by atoms with Crippen LogP contribution in [0.25, 0.3) is 0 Å². The Morgan fingerprint density at radius 2 is 1.73 bits per heavy atom. The highest BCUT2D eigenvalue weighted by molar-refractivity contribution is 4.82. The van der Waals surface area contributed by atoms with Crippen LogP contribution in [0.1, 0.15) is 26.7 Å². The largest absolute Gasteiger partial charge is 0.417 e. The fraction of sp³-hybridized carbons (Fsp3) is 1.00. The minimum atomic E-state index is -4.27. The summed E-state index contributed by atoms with van der Waals surface area (Å²) in [5.74, 6) is 0. The summed E-state index contributed by atoms with van der Waals surface area (Å²) in [6, 6.07) is 0. The summed E-state index contributed by atoms with van der Waals surface area (Å²) >= 11 is 0. The summed E-state index contributed by atoms with van der Waals surface area (Å²) in [4.78, 5) is 0. The van der Waals surface area contributed by atoms with E-state index in [1.807, 2.05) is 0 Å². The number of methoxy groups -OCH3 is 1. The van der Waals surface area contributed by atoms with Crippen molar-refractivity contribution < 1.29 is 17.9 Å². The van der Waals surface area contributed by atoms with Crippen LogP contribution in [0.3, 0.4) is 0 Å². The minimum absolute atomic E-state index is 0.00694. The van der Waals surface area contributed by atoms with Crippen molar-refractivity contribution in [1.29, 1.82) is 0 Å². The molecule has 0 rings (SSSR count). The molecule has 0 aliphatic heterocycles. The molecule has 0 amide bonds. The summed E-state index contributed by atoms with van der Waals surface area (Å²) in [7, 11) is 1.09. The standard InChI is InChI=1S/C7H13F3O/c1-4-5-6(2,11-3)7(8,9)10/h4-5H2,1-3H3. The molecule has 0 heterocycles. The number of halogens is 3. The van der Waals surface area contributed by atoms with Crippen LogP contribution in [0.5, 0.6) is 0 Å². The van der Waals surface area contributed by atoms with Gasteiger partial charge in [-0.25, -0.2) is 0 Å². The lowest BCUT2D eigenvalue weighted by atomic mass is 10.00. The van der Waals surface area contributed by atoms with Gasteiger partial charge in [0.05, 0.1) is 0 Å². The van der Waals surface area contributed by atoms with E-state index in [1.165, 1.54) is 0 Å². The van der Waals surface area contributed by atoms with E-state index < -0.39 is 11.8 Å². The molecule has 0 N–H and O–H groups in total. The SMILES string of the molecule is CCCC(C)(OC)C(F)(F)F. The van der Waals surface area contributed by atoms with Crippen LogP contribution in [0, 0.1) is 0 Å². The highest BCUT2D eigenvalue weighted by atomic mass is 19.4. The van der Waals surface area contributed by atoms with Crippen molar-refractivity contribution in [3.63, 3.8) is 0 Å². The predicted octanol–water partition coefficient (Wildman–Crippen LogP) is 2.75. The van der Waals surface area contributed by atoms with Crippen molar-refractivity contribution in [2.75, 3.05) is 7.11 Å². The maximum absolute atomic E-state index is 12.2. The first-order chi connectivity index (χ1) is 4.87. The zero-order valence-corrected chi connectivity index (χ0v) is 6.96. The van der Waals surface area contributed by atoms with Crippen LogP contribution in [0.4, 0.5) is 13.2 Å².